The molecule has 4 aromatic rings. The summed E-state index contributed by atoms with van der Waals surface area (Å²) in [7, 11) is -6.61. The first-order valence-electron chi connectivity index (χ1n) is 11.1. The van der Waals surface area contributed by atoms with E-state index in [0.717, 1.165) is 41.6 Å². The molecule has 1 unspecified atom stereocenters. The number of rotatable bonds is 9. The molecule has 2 N–H and O–H groups in total. The van der Waals surface area contributed by atoms with Gasteiger partial charge in [-0.2, -0.15) is 4.83 Å². The zero-order valence-electron chi connectivity index (χ0n) is 19.4. The van der Waals surface area contributed by atoms with E-state index in [-0.39, 0.29) is 29.2 Å². The van der Waals surface area contributed by atoms with Crippen LogP contribution in [0.1, 0.15) is 38.8 Å². The van der Waals surface area contributed by atoms with E-state index in [1.807, 2.05) is 40.1 Å². The predicted octanol–water partition coefficient (Wildman–Crippen LogP) is 1.45. The topological polar surface area (TPSA) is 164 Å². The summed E-state index contributed by atoms with van der Waals surface area (Å²) in [5.41, 5.74) is 5.33. The van der Waals surface area contributed by atoms with Crippen molar-refractivity contribution in [3.8, 4) is 11.1 Å². The fourth-order valence-corrected chi connectivity index (χ4v) is 6.60. The lowest BCUT2D eigenvalue weighted by Gasteiger charge is -2.31. The van der Waals surface area contributed by atoms with Crippen molar-refractivity contribution in [1.29, 1.82) is 0 Å². The summed E-state index contributed by atoms with van der Waals surface area (Å²) in [5, 5.41) is 6.63. The molecule has 3 heterocycles. The van der Waals surface area contributed by atoms with Gasteiger partial charge in [0, 0.05) is 24.9 Å². The Morgan fingerprint density at radius 3 is 2.65 bits per heavy atom. The zero-order valence-corrected chi connectivity index (χ0v) is 22.0. The average Bonchev–Trinajstić information content (AvgIpc) is 3.43. The lowest BCUT2D eigenvalue weighted by Crippen LogP contribution is -2.41. The SMILES string of the molecule is CS(=O)(=O)C(c1nnc(CNN[SH](=O)=O)o1)c1nc2ccc(-c3cccc(C(=O)N4CCC4)c3)cc2s1. The van der Waals surface area contributed by atoms with E-state index in [9.17, 15) is 21.6 Å². The third-order valence-corrected chi connectivity index (χ3v) is 8.61. The Labute approximate surface area is 217 Å². The number of hydrogen-bond acceptors (Lipinski definition) is 11. The van der Waals surface area contributed by atoms with Gasteiger partial charge in [-0.3, -0.25) is 4.79 Å². The predicted molar refractivity (Wildman–Crippen MR) is 137 cm³/mol. The molecule has 0 bridgehead atoms. The summed E-state index contributed by atoms with van der Waals surface area (Å²) in [6, 6.07) is 13.0. The normalized spacial score (nSPS) is 14.7. The number of thiol groups is 1. The number of benzene rings is 2. The van der Waals surface area contributed by atoms with Crippen LogP contribution in [0.15, 0.2) is 46.9 Å². The van der Waals surface area contributed by atoms with Crippen LogP contribution in [-0.2, 0) is 27.3 Å². The highest BCUT2D eigenvalue weighted by molar-refractivity contribution is 7.91. The van der Waals surface area contributed by atoms with Gasteiger partial charge in [-0.1, -0.05) is 18.2 Å². The largest absolute Gasteiger partial charge is 0.422 e. The molecule has 1 saturated heterocycles. The van der Waals surface area contributed by atoms with Crippen LogP contribution in [0.2, 0.25) is 0 Å². The van der Waals surface area contributed by atoms with Crippen molar-refractivity contribution >= 4 is 48.2 Å². The number of fused-ring (bicyclic) bond motifs is 1. The number of hydrogen-bond donors (Lipinski definition) is 3. The number of aromatic nitrogens is 3. The van der Waals surface area contributed by atoms with E-state index in [1.54, 1.807) is 12.1 Å². The van der Waals surface area contributed by atoms with Gasteiger partial charge < -0.3 is 9.32 Å². The van der Waals surface area contributed by atoms with Crippen molar-refractivity contribution in [1.82, 2.24) is 30.3 Å². The molecule has 5 rings (SSSR count). The van der Waals surface area contributed by atoms with Gasteiger partial charge in [-0.25, -0.2) is 27.2 Å². The Morgan fingerprint density at radius 1 is 1.16 bits per heavy atom. The Morgan fingerprint density at radius 2 is 1.95 bits per heavy atom. The lowest BCUT2D eigenvalue weighted by molar-refractivity contribution is 0.0652. The molecule has 0 spiro atoms. The minimum absolute atomic E-state index is 0.00375. The van der Waals surface area contributed by atoms with Crippen LogP contribution < -0.4 is 10.3 Å². The summed E-state index contributed by atoms with van der Waals surface area (Å²) in [5.74, 6) is -0.150. The van der Waals surface area contributed by atoms with Gasteiger partial charge in [0.05, 0.1) is 16.8 Å². The van der Waals surface area contributed by atoms with Gasteiger partial charge in [0.1, 0.15) is 5.01 Å². The highest BCUT2D eigenvalue weighted by atomic mass is 32.2. The average molecular weight is 563 g/mol. The van der Waals surface area contributed by atoms with Gasteiger partial charge in [-0.05, 0) is 41.8 Å². The molecule has 2 aromatic carbocycles. The van der Waals surface area contributed by atoms with E-state index in [0.29, 0.717) is 11.1 Å². The van der Waals surface area contributed by atoms with E-state index in [4.69, 9.17) is 4.42 Å². The van der Waals surface area contributed by atoms with Gasteiger partial charge in [0.2, 0.25) is 22.7 Å². The summed E-state index contributed by atoms with van der Waals surface area (Å²) in [6.07, 6.45) is 2.08. The van der Waals surface area contributed by atoms with Crippen molar-refractivity contribution in [3.05, 3.63) is 64.8 Å². The number of nitrogens with zero attached hydrogens (tertiary/aromatic N) is 4. The molecular weight excluding hydrogens is 540 g/mol. The first-order valence-corrected chi connectivity index (χ1v) is 15.1. The zero-order chi connectivity index (χ0) is 26.2. The van der Waals surface area contributed by atoms with E-state index < -0.39 is 26.0 Å². The first-order chi connectivity index (χ1) is 17.7. The Kier molecular flexibility index (Phi) is 7.04. The third-order valence-electron chi connectivity index (χ3n) is 5.76. The Balaban J connectivity index is 1.44. The molecule has 0 aliphatic carbocycles. The number of carbonyl (C=O) groups is 1. The molecule has 194 valence electrons. The highest BCUT2D eigenvalue weighted by Crippen LogP contribution is 2.36. The number of thiazole rings is 1. The van der Waals surface area contributed by atoms with Crippen LogP contribution >= 0.6 is 11.3 Å². The monoisotopic (exact) mass is 562 g/mol. The third kappa shape index (κ3) is 5.55. The number of sulfone groups is 1. The molecule has 1 amide bonds. The summed E-state index contributed by atoms with van der Waals surface area (Å²) in [6.45, 7) is 1.42. The fourth-order valence-electron chi connectivity index (χ4n) is 3.86. The second-order valence-corrected chi connectivity index (χ2v) is 12.4. The molecule has 1 aliphatic heterocycles. The molecule has 12 nitrogen and oxygen atoms in total. The fraction of sp³-hybridized carbons (Fsp3) is 0.273. The molecule has 0 saturated carbocycles. The highest BCUT2D eigenvalue weighted by Gasteiger charge is 2.34. The van der Waals surface area contributed by atoms with Crippen LogP contribution in [0.3, 0.4) is 0 Å². The minimum atomic E-state index is -3.75. The van der Waals surface area contributed by atoms with Crippen LogP contribution in [0, 0.1) is 0 Å². The molecule has 15 heteroatoms. The molecule has 1 atom stereocenters. The van der Waals surface area contributed by atoms with Crippen molar-refractivity contribution in [3.63, 3.8) is 0 Å². The van der Waals surface area contributed by atoms with Crippen molar-refractivity contribution in [2.24, 2.45) is 0 Å². The molecule has 1 fully saturated rings. The lowest BCUT2D eigenvalue weighted by atomic mass is 10.0. The number of nitrogens with one attached hydrogen (secondary N) is 2. The van der Waals surface area contributed by atoms with Gasteiger partial charge in [0.25, 0.3) is 5.91 Å². The Bertz CT molecular complexity index is 1650. The minimum Gasteiger partial charge on any atom is -0.422 e. The molecule has 1 aliphatic rings. The van der Waals surface area contributed by atoms with Crippen LogP contribution in [0.25, 0.3) is 21.3 Å². The summed E-state index contributed by atoms with van der Waals surface area (Å²) < 4.78 is 52.8. The number of hydrazine groups is 1. The first kappa shape index (κ1) is 25.4. The maximum absolute atomic E-state index is 12.7. The standard InChI is InChI=1S/C22H22N6O6S3/c1-37(32,33)19(20-26-25-18(34-20)12-23-27-36(30)31)21-24-16-7-6-14(11-17(16)35-21)13-4-2-5-15(10-13)22(29)28-8-3-9-28/h2,4-7,10-11,19,23,36H,3,8-9,12H2,1H3,(H,27,30,31). The van der Waals surface area contributed by atoms with Gasteiger partial charge in [0.15, 0.2) is 15.1 Å². The second-order valence-electron chi connectivity index (χ2n) is 8.43. The maximum Gasteiger partial charge on any atom is 0.253 e. The summed E-state index contributed by atoms with van der Waals surface area (Å²) >= 11 is 1.19. The number of amides is 1. The second kappa shape index (κ2) is 10.3. The molecule has 2 aromatic heterocycles. The van der Waals surface area contributed by atoms with Crippen LogP contribution in [0.5, 0.6) is 0 Å². The maximum atomic E-state index is 12.7. The van der Waals surface area contributed by atoms with Crippen LogP contribution in [-0.4, -0.2) is 62.2 Å². The quantitative estimate of drug-likeness (QED) is 0.201. The molecule has 0 radical (unpaired) electrons. The molecular formula is C22H22N6O6S3. The van der Waals surface area contributed by atoms with E-state index >= 15 is 0 Å². The number of carbonyl (C=O) groups excluding carboxylic acids is 1. The van der Waals surface area contributed by atoms with Crippen LogP contribution in [0.4, 0.5) is 0 Å². The smallest absolute Gasteiger partial charge is 0.253 e. The van der Waals surface area contributed by atoms with Crippen molar-refractivity contribution in [2.75, 3.05) is 19.3 Å². The molecule has 37 heavy (non-hydrogen) atoms. The van der Waals surface area contributed by atoms with Crippen molar-refractivity contribution in [2.45, 2.75) is 18.2 Å². The number of likely N-dealkylation sites (tertiary alicyclic amines) is 1. The van der Waals surface area contributed by atoms with Gasteiger partial charge in [-0.15, -0.1) is 21.5 Å². The van der Waals surface area contributed by atoms with Crippen molar-refractivity contribution < 1.29 is 26.0 Å². The summed E-state index contributed by atoms with van der Waals surface area (Å²) in [4.78, 5) is 20.9. The van der Waals surface area contributed by atoms with E-state index in [2.05, 4.69) is 20.6 Å². The van der Waals surface area contributed by atoms with E-state index in [1.165, 1.54) is 11.3 Å². The Hall–Kier alpha value is -3.24. The van der Waals surface area contributed by atoms with Gasteiger partial charge >= 0.3 is 0 Å².